The molecule has 0 saturated carbocycles. The van der Waals surface area contributed by atoms with Crippen molar-refractivity contribution in [2.75, 3.05) is 46.9 Å². The third kappa shape index (κ3) is 12.3. The minimum atomic E-state index is 0.132. The first-order valence-electron chi connectivity index (χ1n) is 15.3. The van der Waals surface area contributed by atoms with Crippen molar-refractivity contribution in [3.63, 3.8) is 0 Å². The summed E-state index contributed by atoms with van der Waals surface area (Å²) in [4.78, 5) is 25.7. The third-order valence-corrected chi connectivity index (χ3v) is 7.76. The van der Waals surface area contributed by atoms with Crippen LogP contribution in [0.5, 0.6) is 11.5 Å². The molecule has 2 atom stereocenters. The zero-order chi connectivity index (χ0) is 29.4. The Morgan fingerprint density at radius 2 is 1.90 bits per heavy atom. The molecule has 1 aromatic carbocycles. The van der Waals surface area contributed by atoms with Crippen molar-refractivity contribution in [3.05, 3.63) is 23.3 Å². The fraction of sp³-hybridized carbons (Fsp3) is 0.758. The van der Waals surface area contributed by atoms with Crippen LogP contribution in [0.15, 0.2) is 12.1 Å². The normalized spacial score (nSPS) is 16.9. The van der Waals surface area contributed by atoms with E-state index in [1.165, 1.54) is 37.1 Å². The van der Waals surface area contributed by atoms with Gasteiger partial charge in [0.25, 0.3) is 0 Å². The molecular weight excluding hydrogens is 488 g/mol. The first-order chi connectivity index (χ1) is 18.5. The molecule has 1 amide bonds. The van der Waals surface area contributed by atoms with Crippen molar-refractivity contribution in [1.29, 1.82) is 0 Å². The minimum absolute atomic E-state index is 0.132. The smallest absolute Gasteiger partial charge is 0.223 e. The molecule has 0 radical (unpaired) electrons. The van der Waals surface area contributed by atoms with Gasteiger partial charge in [-0.05, 0) is 80.8 Å². The summed E-state index contributed by atoms with van der Waals surface area (Å²) >= 11 is 0. The number of ether oxygens (including phenoxy) is 2. The highest BCUT2D eigenvalue weighted by Crippen LogP contribution is 2.40. The lowest BCUT2D eigenvalue weighted by Crippen LogP contribution is -2.28. The summed E-state index contributed by atoms with van der Waals surface area (Å²) < 4.78 is 11.4. The van der Waals surface area contributed by atoms with Crippen molar-refractivity contribution < 1.29 is 19.1 Å². The molecule has 1 aromatic rings. The molecule has 6 heteroatoms. The average Bonchev–Trinajstić information content (AvgIpc) is 3.51. The fourth-order valence-electron chi connectivity index (χ4n) is 5.19. The number of rotatable bonds is 13. The Morgan fingerprint density at radius 1 is 1.21 bits per heavy atom. The van der Waals surface area contributed by atoms with Crippen LogP contribution in [0.3, 0.4) is 0 Å². The summed E-state index contributed by atoms with van der Waals surface area (Å²) in [6, 6.07) is 4.43. The van der Waals surface area contributed by atoms with Gasteiger partial charge in [-0.3, -0.25) is 4.79 Å². The van der Waals surface area contributed by atoms with Crippen LogP contribution in [-0.4, -0.2) is 68.9 Å². The number of likely N-dealkylation sites (tertiary alicyclic amines) is 1. The van der Waals surface area contributed by atoms with Gasteiger partial charge < -0.3 is 24.1 Å². The number of carbonyl (C=O) groups excluding carboxylic acids is 2. The Morgan fingerprint density at radius 3 is 2.41 bits per heavy atom. The predicted octanol–water partition coefficient (Wildman–Crippen LogP) is 7.13. The molecular formula is C33H58N2O4. The van der Waals surface area contributed by atoms with Crippen LogP contribution < -0.4 is 9.47 Å². The van der Waals surface area contributed by atoms with Crippen LogP contribution in [0.25, 0.3) is 0 Å². The van der Waals surface area contributed by atoms with Crippen molar-refractivity contribution in [2.24, 2.45) is 11.3 Å². The zero-order valence-electron chi connectivity index (χ0n) is 26.6. The molecule has 3 rings (SSSR count). The van der Waals surface area contributed by atoms with Gasteiger partial charge in [-0.15, -0.1) is 0 Å². The van der Waals surface area contributed by atoms with Crippen LogP contribution >= 0.6 is 0 Å². The highest BCUT2D eigenvalue weighted by atomic mass is 16.5. The molecule has 2 heterocycles. The van der Waals surface area contributed by atoms with E-state index in [1.54, 1.807) is 7.11 Å². The minimum Gasteiger partial charge on any atom is -0.496 e. The van der Waals surface area contributed by atoms with E-state index in [9.17, 15) is 9.59 Å². The predicted molar refractivity (Wildman–Crippen MR) is 163 cm³/mol. The van der Waals surface area contributed by atoms with Gasteiger partial charge in [0.2, 0.25) is 5.91 Å². The number of aldehydes is 1. The number of hydrogen-bond donors (Lipinski definition) is 0. The number of hydrogen-bond acceptors (Lipinski definition) is 5. The van der Waals surface area contributed by atoms with Crippen molar-refractivity contribution in [3.8, 4) is 11.5 Å². The van der Waals surface area contributed by atoms with Crippen molar-refractivity contribution >= 4 is 12.2 Å². The molecule has 2 aliphatic heterocycles. The van der Waals surface area contributed by atoms with Gasteiger partial charge in [-0.2, -0.15) is 0 Å². The first-order valence-corrected chi connectivity index (χ1v) is 15.3. The van der Waals surface area contributed by atoms with E-state index >= 15 is 0 Å². The van der Waals surface area contributed by atoms with Gasteiger partial charge in [0.1, 0.15) is 17.8 Å². The lowest BCUT2D eigenvalue weighted by molar-refractivity contribution is -0.127. The topological polar surface area (TPSA) is 59.1 Å². The Bertz CT molecular complexity index is 854. The molecule has 0 aromatic heterocycles. The molecule has 2 unspecified atom stereocenters. The van der Waals surface area contributed by atoms with E-state index in [0.717, 1.165) is 63.2 Å². The van der Waals surface area contributed by atoms with E-state index in [-0.39, 0.29) is 5.41 Å². The Labute approximate surface area is 239 Å². The number of benzene rings is 1. The monoisotopic (exact) mass is 546 g/mol. The van der Waals surface area contributed by atoms with Crippen LogP contribution in [0, 0.1) is 11.3 Å². The van der Waals surface area contributed by atoms with Gasteiger partial charge in [0, 0.05) is 37.9 Å². The van der Waals surface area contributed by atoms with E-state index in [4.69, 9.17) is 9.47 Å². The summed E-state index contributed by atoms with van der Waals surface area (Å²) in [6.07, 6.45) is 9.08. The van der Waals surface area contributed by atoms with E-state index in [1.807, 2.05) is 6.92 Å². The molecule has 0 spiro atoms. The van der Waals surface area contributed by atoms with Crippen LogP contribution in [0.1, 0.15) is 110 Å². The van der Waals surface area contributed by atoms with Crippen LogP contribution in [0.2, 0.25) is 0 Å². The molecule has 1 saturated heterocycles. The molecule has 0 bridgehead atoms. The molecule has 39 heavy (non-hydrogen) atoms. The maximum absolute atomic E-state index is 12.2. The summed E-state index contributed by atoms with van der Waals surface area (Å²) in [5, 5.41) is 0. The first kappa shape index (κ1) is 34.9. The SMILES string of the molecule is CCC(CC(C)CCN1CC(C)(C)CC1=O)c1cc(OC)c2c(c1)OCC2.CCC=O.CCCCN(C)CC. The third-order valence-electron chi connectivity index (χ3n) is 7.76. The number of carbonyl (C=O) groups is 2. The summed E-state index contributed by atoms with van der Waals surface area (Å²) in [5.41, 5.74) is 2.66. The van der Waals surface area contributed by atoms with E-state index < -0.39 is 0 Å². The summed E-state index contributed by atoms with van der Waals surface area (Å²) in [7, 11) is 3.91. The quantitative estimate of drug-likeness (QED) is 0.246. The molecule has 0 aliphatic carbocycles. The molecule has 2 aliphatic rings. The zero-order valence-corrected chi connectivity index (χ0v) is 26.6. The van der Waals surface area contributed by atoms with Crippen LogP contribution in [-0.2, 0) is 16.0 Å². The molecule has 0 N–H and O–H groups in total. The lowest BCUT2D eigenvalue weighted by atomic mass is 9.85. The Balaban J connectivity index is 0.000000532. The maximum Gasteiger partial charge on any atom is 0.223 e. The second-order valence-electron chi connectivity index (χ2n) is 12.0. The van der Waals surface area contributed by atoms with Gasteiger partial charge >= 0.3 is 0 Å². The average molecular weight is 547 g/mol. The Hall–Kier alpha value is -2.08. The number of nitrogens with zero attached hydrogens (tertiary/aromatic N) is 2. The largest absolute Gasteiger partial charge is 0.496 e. The second-order valence-corrected chi connectivity index (χ2v) is 12.0. The number of methoxy groups -OCH3 is 1. The number of unbranched alkanes of at least 4 members (excludes halogenated alkanes) is 1. The van der Waals surface area contributed by atoms with Gasteiger partial charge in [0.15, 0.2) is 0 Å². The summed E-state index contributed by atoms with van der Waals surface area (Å²) in [6.45, 7) is 20.1. The summed E-state index contributed by atoms with van der Waals surface area (Å²) in [5.74, 6) is 3.36. The maximum atomic E-state index is 12.2. The van der Waals surface area contributed by atoms with Gasteiger partial charge in [-0.25, -0.2) is 0 Å². The van der Waals surface area contributed by atoms with Gasteiger partial charge in [-0.1, -0.05) is 54.9 Å². The standard InChI is InChI=1S/C23H35NO3.C7H17N.C3H6O/c1-6-17(18-12-20(26-5)19-8-10-27-21(19)13-18)11-16(2)7-9-24-15-23(3,4)14-22(24)25;1-4-6-7-8(3)5-2;1-2-3-4/h12-13,16-17H,6-11,14-15H2,1-5H3;4-7H2,1-3H3;3H,2H2,1H3. The van der Waals surface area contributed by atoms with E-state index in [0.29, 0.717) is 30.6 Å². The Kier molecular flexibility index (Phi) is 16.4. The number of amides is 1. The molecule has 224 valence electrons. The fourth-order valence-corrected chi connectivity index (χ4v) is 5.19. The second kappa shape index (κ2) is 18.3. The lowest BCUT2D eigenvalue weighted by Gasteiger charge is -2.24. The van der Waals surface area contributed by atoms with Crippen LogP contribution in [0.4, 0.5) is 0 Å². The number of fused-ring (bicyclic) bond motifs is 1. The molecule has 6 nitrogen and oxygen atoms in total. The van der Waals surface area contributed by atoms with Crippen molar-refractivity contribution in [2.45, 2.75) is 106 Å². The highest BCUT2D eigenvalue weighted by Gasteiger charge is 2.35. The van der Waals surface area contributed by atoms with Gasteiger partial charge in [0.05, 0.1) is 13.7 Å². The molecule has 1 fully saturated rings. The van der Waals surface area contributed by atoms with E-state index in [2.05, 4.69) is 70.5 Å². The highest BCUT2D eigenvalue weighted by molar-refractivity contribution is 5.79. The van der Waals surface area contributed by atoms with Crippen molar-refractivity contribution in [1.82, 2.24) is 9.80 Å².